The molecule has 0 radical (unpaired) electrons. The van der Waals surface area contributed by atoms with Crippen LogP contribution in [0.1, 0.15) is 27.7 Å². The van der Waals surface area contributed by atoms with Gasteiger partial charge in [-0.05, 0) is 25.3 Å². The molecule has 2 aliphatic heterocycles. The largest absolute Gasteiger partial charge is 0.262 e. The molecule has 0 N–H and O–H groups in total. The zero-order chi connectivity index (χ0) is 11.6. The Labute approximate surface area is 96.2 Å². The van der Waals surface area contributed by atoms with Gasteiger partial charge in [-0.1, -0.05) is 19.9 Å². The molecule has 0 saturated heterocycles. The van der Waals surface area contributed by atoms with E-state index in [1.165, 1.54) is 11.3 Å². The Morgan fingerprint density at radius 3 is 2.75 bits per heavy atom. The van der Waals surface area contributed by atoms with E-state index in [1.54, 1.807) is 0 Å². The van der Waals surface area contributed by atoms with Crippen molar-refractivity contribution in [3.63, 3.8) is 0 Å². The van der Waals surface area contributed by atoms with E-state index in [4.69, 9.17) is 0 Å². The van der Waals surface area contributed by atoms with Gasteiger partial charge in [0.15, 0.2) is 0 Å². The molecule has 3 rings (SSSR count). The lowest BCUT2D eigenvalue weighted by atomic mass is 9.59. The highest BCUT2D eigenvalue weighted by Gasteiger charge is 2.60. The summed E-state index contributed by atoms with van der Waals surface area (Å²) in [5, 5.41) is 6.75. The van der Waals surface area contributed by atoms with Gasteiger partial charge >= 0.3 is 0 Å². The van der Waals surface area contributed by atoms with Gasteiger partial charge in [-0.15, -0.1) is 0 Å². The van der Waals surface area contributed by atoms with Crippen LogP contribution in [0.4, 0.5) is 0 Å². The SMILES string of the molecule is CC(C)C1=CN=CC2=CC3(C)C=NN1C23C. The average Bonchev–Trinajstić information content (AvgIpc) is 2.36. The molecule has 0 spiro atoms. The van der Waals surface area contributed by atoms with Crippen LogP contribution in [0.25, 0.3) is 0 Å². The minimum Gasteiger partial charge on any atom is -0.262 e. The highest BCUT2D eigenvalue weighted by Crippen LogP contribution is 2.56. The molecule has 2 atom stereocenters. The van der Waals surface area contributed by atoms with Crippen molar-refractivity contribution in [2.75, 3.05) is 0 Å². The highest BCUT2D eigenvalue weighted by atomic mass is 15.5. The molecule has 0 aromatic rings. The number of hydrogen-bond donors (Lipinski definition) is 0. The Balaban J connectivity index is 2.15. The number of hydrazone groups is 1. The van der Waals surface area contributed by atoms with Crippen LogP contribution in [0, 0.1) is 11.3 Å². The summed E-state index contributed by atoms with van der Waals surface area (Å²) in [7, 11) is 0. The van der Waals surface area contributed by atoms with Gasteiger partial charge in [0.1, 0.15) is 5.54 Å². The fraction of sp³-hybridized carbons (Fsp3) is 0.538. The lowest BCUT2D eigenvalue weighted by molar-refractivity contribution is 0.121. The monoisotopic (exact) mass is 215 g/mol. The number of rotatable bonds is 1. The predicted octanol–water partition coefficient (Wildman–Crippen LogP) is 2.57. The van der Waals surface area contributed by atoms with Crippen molar-refractivity contribution >= 4 is 12.4 Å². The topological polar surface area (TPSA) is 28.0 Å². The van der Waals surface area contributed by atoms with E-state index in [9.17, 15) is 0 Å². The third kappa shape index (κ3) is 0.856. The van der Waals surface area contributed by atoms with E-state index >= 15 is 0 Å². The van der Waals surface area contributed by atoms with E-state index in [-0.39, 0.29) is 11.0 Å². The molecule has 0 amide bonds. The van der Waals surface area contributed by atoms with Crippen molar-refractivity contribution < 1.29 is 0 Å². The third-order valence-electron chi connectivity index (χ3n) is 4.19. The maximum atomic E-state index is 4.59. The molecule has 0 saturated carbocycles. The Kier molecular flexibility index (Phi) is 1.63. The first kappa shape index (κ1) is 9.82. The molecule has 3 nitrogen and oxygen atoms in total. The summed E-state index contributed by atoms with van der Waals surface area (Å²) < 4.78 is 0. The maximum absolute atomic E-state index is 4.59. The van der Waals surface area contributed by atoms with Crippen LogP contribution in [-0.2, 0) is 0 Å². The van der Waals surface area contributed by atoms with Crippen LogP contribution < -0.4 is 0 Å². The summed E-state index contributed by atoms with van der Waals surface area (Å²) in [5.41, 5.74) is 2.51. The number of aliphatic imine (C=N–C) groups is 1. The van der Waals surface area contributed by atoms with Gasteiger partial charge in [-0.3, -0.25) is 10.0 Å². The zero-order valence-electron chi connectivity index (χ0n) is 10.2. The smallest absolute Gasteiger partial charge is 0.100 e. The molecule has 3 aliphatic rings. The van der Waals surface area contributed by atoms with Crippen LogP contribution >= 0.6 is 0 Å². The highest BCUT2D eigenvalue weighted by molar-refractivity contribution is 5.94. The van der Waals surface area contributed by atoms with Crippen molar-refractivity contribution in [2.45, 2.75) is 33.2 Å². The van der Waals surface area contributed by atoms with Gasteiger partial charge in [0, 0.05) is 18.6 Å². The molecule has 3 heteroatoms. The summed E-state index contributed by atoms with van der Waals surface area (Å²) in [6.45, 7) is 8.85. The minimum atomic E-state index is -0.0247. The summed E-state index contributed by atoms with van der Waals surface area (Å²) in [6.07, 6.45) is 8.24. The third-order valence-corrected chi connectivity index (χ3v) is 4.19. The molecule has 1 aliphatic carbocycles. The summed E-state index contributed by atoms with van der Waals surface area (Å²) >= 11 is 0. The van der Waals surface area contributed by atoms with Crippen molar-refractivity contribution in [3.8, 4) is 0 Å². The van der Waals surface area contributed by atoms with Crippen molar-refractivity contribution in [2.24, 2.45) is 21.4 Å². The first-order valence-electron chi connectivity index (χ1n) is 5.81. The van der Waals surface area contributed by atoms with E-state index in [2.05, 4.69) is 55.1 Å². The second-order valence-electron chi connectivity index (χ2n) is 5.50. The van der Waals surface area contributed by atoms with Crippen molar-refractivity contribution in [1.29, 1.82) is 0 Å². The number of allylic oxidation sites excluding steroid dienone is 1. The van der Waals surface area contributed by atoms with Crippen LogP contribution in [0.5, 0.6) is 0 Å². The van der Waals surface area contributed by atoms with Gasteiger partial charge in [0.2, 0.25) is 0 Å². The summed E-state index contributed by atoms with van der Waals surface area (Å²) in [4.78, 5) is 4.38. The maximum Gasteiger partial charge on any atom is 0.100 e. The summed E-state index contributed by atoms with van der Waals surface area (Å²) in [5.74, 6) is 0.438. The van der Waals surface area contributed by atoms with Crippen LogP contribution in [0.15, 0.2) is 33.6 Å². The van der Waals surface area contributed by atoms with Gasteiger partial charge in [0.25, 0.3) is 0 Å². The molecule has 0 bridgehead atoms. The molecule has 2 unspecified atom stereocenters. The first-order chi connectivity index (χ1) is 7.49. The number of hydrogen-bond acceptors (Lipinski definition) is 3. The standard InChI is InChI=1S/C13H17N3/c1-9(2)11-7-14-6-10-5-12(3)8-15-16(11)13(10,12)4/h5-9H,1-4H3. The van der Waals surface area contributed by atoms with Gasteiger partial charge in [0.05, 0.1) is 11.1 Å². The van der Waals surface area contributed by atoms with Crippen LogP contribution in [0.3, 0.4) is 0 Å². The Morgan fingerprint density at radius 2 is 2.06 bits per heavy atom. The second-order valence-corrected chi connectivity index (χ2v) is 5.50. The molecule has 0 aromatic carbocycles. The van der Waals surface area contributed by atoms with Gasteiger partial charge in [-0.2, -0.15) is 5.10 Å². The molecule has 0 aromatic heterocycles. The van der Waals surface area contributed by atoms with Crippen LogP contribution in [0.2, 0.25) is 0 Å². The fourth-order valence-electron chi connectivity index (χ4n) is 2.77. The second kappa shape index (κ2) is 2.65. The number of nitrogens with zero attached hydrogens (tertiary/aromatic N) is 3. The Hall–Kier alpha value is -1.38. The Morgan fingerprint density at radius 1 is 1.31 bits per heavy atom. The quantitative estimate of drug-likeness (QED) is 0.660. The lowest BCUT2D eigenvalue weighted by Gasteiger charge is -2.51. The zero-order valence-corrected chi connectivity index (χ0v) is 10.2. The van der Waals surface area contributed by atoms with E-state index in [1.807, 2.05) is 12.4 Å². The molecular formula is C13H17N3. The molecule has 0 fully saturated rings. The fourth-order valence-corrected chi connectivity index (χ4v) is 2.77. The average molecular weight is 215 g/mol. The molecular weight excluding hydrogens is 198 g/mol. The van der Waals surface area contributed by atoms with Crippen LogP contribution in [-0.4, -0.2) is 23.0 Å². The molecule has 2 heterocycles. The normalized spacial score (nSPS) is 39.2. The van der Waals surface area contributed by atoms with E-state index in [0.717, 1.165) is 0 Å². The minimum absolute atomic E-state index is 0.0247. The van der Waals surface area contributed by atoms with Gasteiger partial charge in [-0.25, -0.2) is 0 Å². The van der Waals surface area contributed by atoms with E-state index in [0.29, 0.717) is 5.92 Å². The summed E-state index contributed by atoms with van der Waals surface area (Å²) in [6, 6.07) is 0. The molecule has 84 valence electrons. The Bertz CT molecular complexity index is 470. The van der Waals surface area contributed by atoms with E-state index < -0.39 is 0 Å². The first-order valence-corrected chi connectivity index (χ1v) is 5.81. The van der Waals surface area contributed by atoms with Gasteiger partial charge < -0.3 is 0 Å². The molecule has 16 heavy (non-hydrogen) atoms. The van der Waals surface area contributed by atoms with Crippen molar-refractivity contribution in [3.05, 3.63) is 23.5 Å². The van der Waals surface area contributed by atoms with Crippen molar-refractivity contribution in [1.82, 2.24) is 5.01 Å². The predicted molar refractivity (Wildman–Crippen MR) is 66.3 cm³/mol. The lowest BCUT2D eigenvalue weighted by Crippen LogP contribution is -2.58.